The van der Waals surface area contributed by atoms with E-state index in [0.717, 1.165) is 0 Å². The molecular formula is C13H16N4O3S. The smallest absolute Gasteiger partial charge is 0.257 e. The van der Waals surface area contributed by atoms with Crippen LogP contribution in [0.4, 0.5) is 5.95 Å². The van der Waals surface area contributed by atoms with Gasteiger partial charge < -0.3 is 4.98 Å². The number of nitrogens with zero attached hydrogens (tertiary/aromatic N) is 1. The SMILES string of the molecule is CC(C)NS(=O)(=O)c1ccc(C(=O)Nc2ncc[nH]2)cc1. The van der Waals surface area contributed by atoms with Gasteiger partial charge in [0.1, 0.15) is 0 Å². The molecule has 0 spiro atoms. The lowest BCUT2D eigenvalue weighted by Gasteiger charge is -2.10. The third kappa shape index (κ3) is 3.89. The van der Waals surface area contributed by atoms with Gasteiger partial charge in [-0.05, 0) is 38.1 Å². The Kier molecular flexibility index (Phi) is 4.39. The van der Waals surface area contributed by atoms with E-state index in [9.17, 15) is 13.2 Å². The topological polar surface area (TPSA) is 104 Å². The van der Waals surface area contributed by atoms with E-state index >= 15 is 0 Å². The lowest BCUT2D eigenvalue weighted by Crippen LogP contribution is -2.30. The Hall–Kier alpha value is -2.19. The van der Waals surface area contributed by atoms with Crippen LogP contribution in [0.15, 0.2) is 41.6 Å². The van der Waals surface area contributed by atoms with Crippen molar-refractivity contribution in [2.75, 3.05) is 5.32 Å². The van der Waals surface area contributed by atoms with Crippen LogP contribution in [0.1, 0.15) is 24.2 Å². The van der Waals surface area contributed by atoms with Crippen molar-refractivity contribution in [3.8, 4) is 0 Å². The molecule has 1 heterocycles. The van der Waals surface area contributed by atoms with E-state index in [1.807, 2.05) is 0 Å². The number of sulfonamides is 1. The van der Waals surface area contributed by atoms with Crippen LogP contribution in [0.25, 0.3) is 0 Å². The number of amides is 1. The quantitative estimate of drug-likeness (QED) is 0.775. The van der Waals surface area contributed by atoms with Gasteiger partial charge in [0.2, 0.25) is 16.0 Å². The van der Waals surface area contributed by atoms with Crippen LogP contribution in [-0.2, 0) is 10.0 Å². The van der Waals surface area contributed by atoms with E-state index in [1.54, 1.807) is 20.0 Å². The predicted molar refractivity (Wildman–Crippen MR) is 78.4 cm³/mol. The summed E-state index contributed by atoms with van der Waals surface area (Å²) in [5.74, 6) is -0.0381. The number of H-pyrrole nitrogens is 1. The van der Waals surface area contributed by atoms with Crippen molar-refractivity contribution in [3.63, 3.8) is 0 Å². The van der Waals surface area contributed by atoms with Crippen LogP contribution in [0.5, 0.6) is 0 Å². The number of nitrogens with one attached hydrogen (secondary N) is 3. The number of aromatic amines is 1. The van der Waals surface area contributed by atoms with E-state index in [2.05, 4.69) is 20.0 Å². The minimum atomic E-state index is -3.55. The molecule has 112 valence electrons. The lowest BCUT2D eigenvalue weighted by molar-refractivity contribution is 0.102. The summed E-state index contributed by atoms with van der Waals surface area (Å²) in [6.07, 6.45) is 3.10. The fourth-order valence-corrected chi connectivity index (χ4v) is 2.93. The molecule has 2 aromatic rings. The maximum atomic E-state index is 12.0. The maximum absolute atomic E-state index is 12.0. The molecule has 0 atom stereocenters. The van der Waals surface area contributed by atoms with Gasteiger partial charge in [0.15, 0.2) is 0 Å². The summed E-state index contributed by atoms with van der Waals surface area (Å²) in [4.78, 5) is 18.7. The summed E-state index contributed by atoms with van der Waals surface area (Å²) in [5.41, 5.74) is 0.342. The van der Waals surface area contributed by atoms with Gasteiger partial charge in [0.25, 0.3) is 5.91 Å². The molecule has 0 radical (unpaired) electrons. The van der Waals surface area contributed by atoms with Crippen LogP contribution in [0, 0.1) is 0 Å². The zero-order chi connectivity index (χ0) is 15.5. The van der Waals surface area contributed by atoms with Gasteiger partial charge in [-0.15, -0.1) is 0 Å². The highest BCUT2D eigenvalue weighted by Gasteiger charge is 2.16. The van der Waals surface area contributed by atoms with Crippen molar-refractivity contribution >= 4 is 21.9 Å². The molecule has 21 heavy (non-hydrogen) atoms. The summed E-state index contributed by atoms with van der Waals surface area (Å²) >= 11 is 0. The minimum Gasteiger partial charge on any atom is -0.331 e. The first-order chi connectivity index (χ1) is 9.88. The molecule has 0 fully saturated rings. The van der Waals surface area contributed by atoms with Crippen LogP contribution < -0.4 is 10.0 Å². The largest absolute Gasteiger partial charge is 0.331 e. The molecule has 0 saturated heterocycles. The Bertz CT molecular complexity index is 706. The number of rotatable bonds is 5. The molecule has 0 saturated carbocycles. The van der Waals surface area contributed by atoms with Crippen LogP contribution in [-0.4, -0.2) is 30.3 Å². The molecule has 8 heteroatoms. The zero-order valence-electron chi connectivity index (χ0n) is 11.6. The van der Waals surface area contributed by atoms with E-state index in [1.165, 1.54) is 30.5 Å². The predicted octanol–water partition coefficient (Wildman–Crippen LogP) is 1.35. The summed E-state index contributed by atoms with van der Waals surface area (Å²) in [5, 5.41) is 2.56. The average molecular weight is 308 g/mol. The number of hydrogen-bond acceptors (Lipinski definition) is 4. The van der Waals surface area contributed by atoms with Crippen molar-refractivity contribution in [2.24, 2.45) is 0 Å². The summed E-state index contributed by atoms with van der Waals surface area (Å²) in [6, 6.07) is 5.49. The Morgan fingerprint density at radius 3 is 2.43 bits per heavy atom. The van der Waals surface area contributed by atoms with Gasteiger partial charge in [0.05, 0.1) is 4.90 Å². The third-order valence-corrected chi connectivity index (χ3v) is 4.22. The highest BCUT2D eigenvalue weighted by atomic mass is 32.2. The van der Waals surface area contributed by atoms with E-state index in [-0.39, 0.29) is 16.8 Å². The highest BCUT2D eigenvalue weighted by Crippen LogP contribution is 2.12. The number of carbonyl (C=O) groups excluding carboxylic acids is 1. The minimum absolute atomic E-state index is 0.116. The maximum Gasteiger partial charge on any atom is 0.257 e. The average Bonchev–Trinajstić information content (AvgIpc) is 2.90. The standard InChI is InChI=1S/C13H16N4O3S/c1-9(2)17-21(19,20)11-5-3-10(4-6-11)12(18)16-13-14-7-8-15-13/h3-9,17H,1-2H3,(H2,14,15,16,18). The van der Waals surface area contributed by atoms with E-state index in [4.69, 9.17) is 0 Å². The fraction of sp³-hybridized carbons (Fsp3) is 0.231. The molecule has 0 aliphatic carbocycles. The molecule has 2 rings (SSSR count). The summed E-state index contributed by atoms with van der Waals surface area (Å²) in [6.45, 7) is 3.48. The van der Waals surface area contributed by atoms with Gasteiger partial charge in [-0.25, -0.2) is 18.1 Å². The second-order valence-electron chi connectivity index (χ2n) is 4.69. The first kappa shape index (κ1) is 15.2. The highest BCUT2D eigenvalue weighted by molar-refractivity contribution is 7.89. The van der Waals surface area contributed by atoms with Crippen LogP contribution in [0.3, 0.4) is 0 Å². The number of carbonyl (C=O) groups is 1. The van der Waals surface area contributed by atoms with Gasteiger partial charge in [0, 0.05) is 24.0 Å². The van der Waals surface area contributed by atoms with Crippen molar-refractivity contribution in [3.05, 3.63) is 42.2 Å². The molecule has 3 N–H and O–H groups in total. The molecule has 1 aromatic carbocycles. The third-order valence-electron chi connectivity index (χ3n) is 2.55. The monoisotopic (exact) mass is 308 g/mol. The normalized spacial score (nSPS) is 11.6. The van der Waals surface area contributed by atoms with Gasteiger partial charge in [-0.3, -0.25) is 10.1 Å². The number of anilines is 1. The molecule has 1 amide bonds. The van der Waals surface area contributed by atoms with Crippen molar-refractivity contribution < 1.29 is 13.2 Å². The molecular weight excluding hydrogens is 292 g/mol. The number of aromatic nitrogens is 2. The van der Waals surface area contributed by atoms with Crippen LogP contribution in [0.2, 0.25) is 0 Å². The van der Waals surface area contributed by atoms with E-state index < -0.39 is 10.0 Å². The molecule has 0 unspecified atom stereocenters. The fourth-order valence-electron chi connectivity index (χ4n) is 1.68. The number of imidazole rings is 1. The second kappa shape index (κ2) is 6.06. The Morgan fingerprint density at radius 1 is 1.24 bits per heavy atom. The first-order valence-corrected chi connectivity index (χ1v) is 7.80. The first-order valence-electron chi connectivity index (χ1n) is 6.31. The second-order valence-corrected chi connectivity index (χ2v) is 6.41. The Labute approximate surface area is 122 Å². The number of benzene rings is 1. The van der Waals surface area contributed by atoms with Gasteiger partial charge in [-0.2, -0.15) is 0 Å². The Balaban J connectivity index is 2.13. The van der Waals surface area contributed by atoms with Gasteiger partial charge >= 0.3 is 0 Å². The summed E-state index contributed by atoms with van der Waals surface area (Å²) < 4.78 is 26.4. The van der Waals surface area contributed by atoms with Crippen LogP contribution >= 0.6 is 0 Å². The van der Waals surface area contributed by atoms with E-state index in [0.29, 0.717) is 11.5 Å². The lowest BCUT2D eigenvalue weighted by atomic mass is 10.2. The number of hydrogen-bond donors (Lipinski definition) is 3. The molecule has 0 aliphatic heterocycles. The zero-order valence-corrected chi connectivity index (χ0v) is 12.4. The summed E-state index contributed by atoms with van der Waals surface area (Å²) in [7, 11) is -3.55. The molecule has 1 aromatic heterocycles. The van der Waals surface area contributed by atoms with Crippen molar-refractivity contribution in [1.29, 1.82) is 0 Å². The molecule has 0 aliphatic rings. The Morgan fingerprint density at radius 2 is 1.90 bits per heavy atom. The van der Waals surface area contributed by atoms with Crippen molar-refractivity contribution in [1.82, 2.24) is 14.7 Å². The molecule has 7 nitrogen and oxygen atoms in total. The van der Waals surface area contributed by atoms with Crippen molar-refractivity contribution in [2.45, 2.75) is 24.8 Å². The van der Waals surface area contributed by atoms with Gasteiger partial charge in [-0.1, -0.05) is 0 Å². The molecule has 0 bridgehead atoms.